The average molecular weight is 272 g/mol. The summed E-state index contributed by atoms with van der Waals surface area (Å²) in [5.41, 5.74) is 3.07. The molecule has 106 valence electrons. The minimum atomic E-state index is 0.784. The van der Waals surface area contributed by atoms with Crippen molar-refractivity contribution >= 4 is 0 Å². The molecular weight excluding hydrogens is 252 g/mol. The van der Waals surface area contributed by atoms with Crippen LogP contribution < -0.4 is 14.8 Å². The summed E-state index contributed by atoms with van der Waals surface area (Å²) < 4.78 is 10.9. The molecule has 1 heterocycles. The Labute approximate surface area is 119 Å². The summed E-state index contributed by atoms with van der Waals surface area (Å²) in [4.78, 5) is 4.31. The van der Waals surface area contributed by atoms with Gasteiger partial charge in [-0.25, -0.2) is 0 Å². The van der Waals surface area contributed by atoms with Crippen LogP contribution in [0.25, 0.3) is 11.1 Å². The maximum atomic E-state index is 5.44. The number of rotatable bonds is 6. The first-order chi connectivity index (χ1) is 9.80. The van der Waals surface area contributed by atoms with Gasteiger partial charge in [-0.1, -0.05) is 13.0 Å². The molecule has 20 heavy (non-hydrogen) atoms. The second kappa shape index (κ2) is 6.91. The van der Waals surface area contributed by atoms with Crippen LogP contribution in [0.2, 0.25) is 0 Å². The molecule has 0 bridgehead atoms. The first-order valence-electron chi connectivity index (χ1n) is 6.66. The van der Waals surface area contributed by atoms with Gasteiger partial charge in [0.1, 0.15) is 11.5 Å². The van der Waals surface area contributed by atoms with Crippen LogP contribution in [0.15, 0.2) is 36.7 Å². The molecule has 0 atom stereocenters. The molecule has 2 aromatic rings. The SMILES string of the molecule is CCNCc1cncc(-c2c(OC)cccc2OC)c1. The van der Waals surface area contributed by atoms with E-state index in [0.717, 1.165) is 41.3 Å². The van der Waals surface area contributed by atoms with Gasteiger partial charge in [-0.05, 0) is 30.3 Å². The van der Waals surface area contributed by atoms with Gasteiger partial charge < -0.3 is 14.8 Å². The molecule has 0 aliphatic carbocycles. The highest BCUT2D eigenvalue weighted by Crippen LogP contribution is 2.37. The molecule has 0 aliphatic rings. The number of nitrogens with zero attached hydrogens (tertiary/aromatic N) is 1. The van der Waals surface area contributed by atoms with Crippen molar-refractivity contribution in [1.29, 1.82) is 0 Å². The van der Waals surface area contributed by atoms with Crippen LogP contribution in [-0.2, 0) is 6.54 Å². The molecule has 0 saturated heterocycles. The molecular formula is C16H20N2O2. The van der Waals surface area contributed by atoms with Gasteiger partial charge in [0, 0.05) is 24.5 Å². The third-order valence-corrected chi connectivity index (χ3v) is 3.09. The summed E-state index contributed by atoms with van der Waals surface area (Å²) >= 11 is 0. The van der Waals surface area contributed by atoms with Crippen molar-refractivity contribution in [3.63, 3.8) is 0 Å². The predicted molar refractivity (Wildman–Crippen MR) is 80.2 cm³/mol. The molecule has 0 amide bonds. The summed E-state index contributed by atoms with van der Waals surface area (Å²) in [7, 11) is 3.32. The first-order valence-corrected chi connectivity index (χ1v) is 6.66. The van der Waals surface area contributed by atoms with E-state index in [0.29, 0.717) is 0 Å². The topological polar surface area (TPSA) is 43.4 Å². The molecule has 2 rings (SSSR count). The van der Waals surface area contributed by atoms with E-state index in [1.54, 1.807) is 14.2 Å². The summed E-state index contributed by atoms with van der Waals surface area (Å²) in [5, 5.41) is 3.30. The largest absolute Gasteiger partial charge is 0.496 e. The molecule has 0 aliphatic heterocycles. The summed E-state index contributed by atoms with van der Waals surface area (Å²) in [6.45, 7) is 3.82. The number of pyridine rings is 1. The highest BCUT2D eigenvalue weighted by atomic mass is 16.5. The van der Waals surface area contributed by atoms with E-state index in [-0.39, 0.29) is 0 Å². The third-order valence-electron chi connectivity index (χ3n) is 3.09. The number of benzene rings is 1. The van der Waals surface area contributed by atoms with E-state index in [1.165, 1.54) is 0 Å². The Morgan fingerprint density at radius 3 is 2.40 bits per heavy atom. The highest BCUT2D eigenvalue weighted by molar-refractivity contribution is 5.76. The van der Waals surface area contributed by atoms with Crippen LogP contribution in [0.5, 0.6) is 11.5 Å². The zero-order chi connectivity index (χ0) is 14.4. The Hall–Kier alpha value is -2.07. The Morgan fingerprint density at radius 1 is 1.10 bits per heavy atom. The minimum Gasteiger partial charge on any atom is -0.496 e. The van der Waals surface area contributed by atoms with Crippen LogP contribution in [0.4, 0.5) is 0 Å². The second-order valence-electron chi connectivity index (χ2n) is 4.40. The zero-order valence-electron chi connectivity index (χ0n) is 12.1. The lowest BCUT2D eigenvalue weighted by atomic mass is 10.0. The molecule has 1 aromatic heterocycles. The van der Waals surface area contributed by atoms with Crippen molar-refractivity contribution in [2.75, 3.05) is 20.8 Å². The van der Waals surface area contributed by atoms with E-state index in [9.17, 15) is 0 Å². The summed E-state index contributed by atoms with van der Waals surface area (Å²) in [6, 6.07) is 7.87. The van der Waals surface area contributed by atoms with Crippen molar-refractivity contribution in [2.24, 2.45) is 0 Å². The van der Waals surface area contributed by atoms with Crippen molar-refractivity contribution < 1.29 is 9.47 Å². The molecule has 0 spiro atoms. The number of nitrogens with one attached hydrogen (secondary N) is 1. The Balaban J connectivity index is 2.45. The molecule has 1 N–H and O–H groups in total. The standard InChI is InChI=1S/C16H20N2O2/c1-4-17-9-12-8-13(11-18-10-12)16-14(19-2)6-5-7-15(16)20-3/h5-8,10-11,17H,4,9H2,1-3H3. The number of methoxy groups -OCH3 is 2. The molecule has 0 unspecified atom stereocenters. The van der Waals surface area contributed by atoms with Crippen molar-refractivity contribution in [3.05, 3.63) is 42.2 Å². The van der Waals surface area contributed by atoms with Gasteiger partial charge in [-0.2, -0.15) is 0 Å². The molecule has 4 nitrogen and oxygen atoms in total. The van der Waals surface area contributed by atoms with E-state index in [4.69, 9.17) is 9.47 Å². The minimum absolute atomic E-state index is 0.784. The van der Waals surface area contributed by atoms with Gasteiger partial charge in [-0.3, -0.25) is 4.98 Å². The fourth-order valence-electron chi connectivity index (χ4n) is 2.13. The van der Waals surface area contributed by atoms with Gasteiger partial charge in [0.25, 0.3) is 0 Å². The van der Waals surface area contributed by atoms with Crippen LogP contribution in [0.3, 0.4) is 0 Å². The fourth-order valence-corrected chi connectivity index (χ4v) is 2.13. The van der Waals surface area contributed by atoms with Gasteiger partial charge >= 0.3 is 0 Å². The van der Waals surface area contributed by atoms with Crippen LogP contribution in [0.1, 0.15) is 12.5 Å². The lowest BCUT2D eigenvalue weighted by molar-refractivity contribution is 0.397. The maximum Gasteiger partial charge on any atom is 0.130 e. The number of ether oxygens (including phenoxy) is 2. The zero-order valence-corrected chi connectivity index (χ0v) is 12.1. The fraction of sp³-hybridized carbons (Fsp3) is 0.312. The van der Waals surface area contributed by atoms with Gasteiger partial charge in [0.15, 0.2) is 0 Å². The molecule has 1 aromatic carbocycles. The van der Waals surface area contributed by atoms with E-state index in [2.05, 4.69) is 23.3 Å². The van der Waals surface area contributed by atoms with Crippen molar-refractivity contribution in [1.82, 2.24) is 10.3 Å². The second-order valence-corrected chi connectivity index (χ2v) is 4.40. The van der Waals surface area contributed by atoms with Crippen LogP contribution in [0, 0.1) is 0 Å². The number of hydrogen-bond donors (Lipinski definition) is 1. The quantitative estimate of drug-likeness (QED) is 0.878. The predicted octanol–water partition coefficient (Wildman–Crippen LogP) is 2.88. The first kappa shape index (κ1) is 14.3. The summed E-state index contributed by atoms with van der Waals surface area (Å²) in [6.07, 6.45) is 3.70. The lowest BCUT2D eigenvalue weighted by Crippen LogP contribution is -2.11. The van der Waals surface area contributed by atoms with Crippen LogP contribution >= 0.6 is 0 Å². The van der Waals surface area contributed by atoms with Crippen molar-refractivity contribution in [2.45, 2.75) is 13.5 Å². The molecule has 0 saturated carbocycles. The Bertz CT molecular complexity index is 548. The van der Waals surface area contributed by atoms with Gasteiger partial charge in [-0.15, -0.1) is 0 Å². The lowest BCUT2D eigenvalue weighted by Gasteiger charge is -2.13. The third kappa shape index (κ3) is 3.08. The number of aromatic nitrogens is 1. The van der Waals surface area contributed by atoms with E-state index < -0.39 is 0 Å². The normalized spacial score (nSPS) is 10.3. The average Bonchev–Trinajstić information content (AvgIpc) is 2.52. The van der Waals surface area contributed by atoms with E-state index in [1.807, 2.05) is 30.6 Å². The van der Waals surface area contributed by atoms with Gasteiger partial charge in [0.05, 0.1) is 19.8 Å². The Morgan fingerprint density at radius 2 is 1.80 bits per heavy atom. The van der Waals surface area contributed by atoms with Crippen LogP contribution in [-0.4, -0.2) is 25.7 Å². The smallest absolute Gasteiger partial charge is 0.130 e. The number of hydrogen-bond acceptors (Lipinski definition) is 4. The van der Waals surface area contributed by atoms with Crippen molar-refractivity contribution in [3.8, 4) is 22.6 Å². The molecule has 4 heteroatoms. The maximum absolute atomic E-state index is 5.44. The van der Waals surface area contributed by atoms with E-state index >= 15 is 0 Å². The molecule has 0 fully saturated rings. The monoisotopic (exact) mass is 272 g/mol. The highest BCUT2D eigenvalue weighted by Gasteiger charge is 2.12. The Kier molecular flexibility index (Phi) is 4.96. The molecule has 0 radical (unpaired) electrons. The summed E-state index contributed by atoms with van der Waals surface area (Å²) in [5.74, 6) is 1.57. The van der Waals surface area contributed by atoms with Gasteiger partial charge in [0.2, 0.25) is 0 Å².